The Bertz CT molecular complexity index is 1710. The third kappa shape index (κ3) is 4.21. The highest BCUT2D eigenvalue weighted by atomic mass is 19.4. The van der Waals surface area contributed by atoms with Gasteiger partial charge in [0.15, 0.2) is 5.69 Å². The number of aromatic nitrogens is 7. The molecule has 12 heteroatoms. The number of methoxy groups -OCH3 is 1. The third-order valence-electron chi connectivity index (χ3n) is 6.61. The first kappa shape index (κ1) is 23.9. The predicted molar refractivity (Wildman–Crippen MR) is 132 cm³/mol. The molecule has 0 radical (unpaired) electrons. The van der Waals surface area contributed by atoms with Crippen molar-refractivity contribution in [1.29, 1.82) is 0 Å². The van der Waals surface area contributed by atoms with Crippen LogP contribution in [0.15, 0.2) is 53.7 Å². The first-order valence-corrected chi connectivity index (χ1v) is 11.9. The third-order valence-corrected chi connectivity index (χ3v) is 6.61. The van der Waals surface area contributed by atoms with Gasteiger partial charge in [-0.25, -0.2) is 19.4 Å². The molecule has 0 amide bonds. The number of nitrogens with one attached hydrogen (secondary N) is 1. The topological polar surface area (TPSA) is 104 Å². The highest BCUT2D eigenvalue weighted by Gasteiger charge is 2.34. The Morgan fingerprint density at radius 1 is 1.11 bits per heavy atom. The number of H-pyrrole nitrogens is 1. The molecule has 0 unspecified atom stereocenters. The average Bonchev–Trinajstić information content (AvgIpc) is 3.60. The van der Waals surface area contributed by atoms with Crippen molar-refractivity contribution in [3.05, 3.63) is 82.1 Å². The molecule has 4 heterocycles. The van der Waals surface area contributed by atoms with Crippen molar-refractivity contribution in [3.8, 4) is 22.8 Å². The quantitative estimate of drug-likeness (QED) is 0.350. The summed E-state index contributed by atoms with van der Waals surface area (Å²) < 4.78 is 47.5. The molecule has 0 atom stereocenters. The van der Waals surface area contributed by atoms with E-state index in [0.29, 0.717) is 39.9 Å². The highest BCUT2D eigenvalue weighted by molar-refractivity contribution is 5.81. The summed E-state index contributed by atoms with van der Waals surface area (Å²) >= 11 is 0. The van der Waals surface area contributed by atoms with Gasteiger partial charge >= 0.3 is 11.9 Å². The van der Waals surface area contributed by atoms with Crippen LogP contribution in [0.1, 0.15) is 41.4 Å². The van der Waals surface area contributed by atoms with E-state index in [1.54, 1.807) is 49.1 Å². The number of ether oxygens (including phenoxy) is 1. The lowest BCUT2D eigenvalue weighted by molar-refractivity contribution is -0.141. The maximum Gasteiger partial charge on any atom is 0.435 e. The van der Waals surface area contributed by atoms with Gasteiger partial charge in [0.1, 0.15) is 6.33 Å². The number of aryl methyl sites for hydroxylation is 1. The predicted octanol–water partition coefficient (Wildman–Crippen LogP) is 4.63. The van der Waals surface area contributed by atoms with Crippen LogP contribution < -0.4 is 10.4 Å². The van der Waals surface area contributed by atoms with Gasteiger partial charge in [-0.3, -0.25) is 9.55 Å². The number of nitrogens with zero attached hydrogens (tertiary/aromatic N) is 6. The summed E-state index contributed by atoms with van der Waals surface area (Å²) in [5.41, 5.74) is 3.82. The molecule has 0 saturated heterocycles. The second-order valence-corrected chi connectivity index (χ2v) is 9.27. The number of halogens is 3. The minimum absolute atomic E-state index is 0.242. The van der Waals surface area contributed by atoms with E-state index in [9.17, 15) is 18.0 Å². The number of fused-ring (bicyclic) bond motifs is 1. The van der Waals surface area contributed by atoms with E-state index in [4.69, 9.17) is 4.74 Å². The summed E-state index contributed by atoms with van der Waals surface area (Å²) in [6.07, 6.45) is 0.647. The minimum atomic E-state index is -4.52. The number of alkyl halides is 3. The summed E-state index contributed by atoms with van der Waals surface area (Å²) in [7, 11) is 1.55. The van der Waals surface area contributed by atoms with E-state index >= 15 is 0 Å². The molecule has 0 aliphatic heterocycles. The molecule has 1 aliphatic rings. The highest BCUT2D eigenvalue weighted by Crippen LogP contribution is 2.45. The number of pyridine rings is 1. The number of hydrogen-bond acceptors (Lipinski definition) is 6. The molecule has 5 aromatic rings. The van der Waals surface area contributed by atoms with E-state index in [-0.39, 0.29) is 12.2 Å². The van der Waals surface area contributed by atoms with E-state index in [0.717, 1.165) is 35.7 Å². The van der Waals surface area contributed by atoms with Gasteiger partial charge in [0.05, 0.1) is 53.5 Å². The molecule has 1 fully saturated rings. The zero-order chi connectivity index (χ0) is 26.6. The van der Waals surface area contributed by atoms with Crippen LogP contribution in [0.3, 0.4) is 0 Å². The smallest absolute Gasteiger partial charge is 0.435 e. The number of rotatable bonds is 6. The number of aromatic amines is 1. The second kappa shape index (κ2) is 8.82. The molecule has 1 aromatic carbocycles. The first-order valence-electron chi connectivity index (χ1n) is 11.9. The molecule has 194 valence electrons. The van der Waals surface area contributed by atoms with Gasteiger partial charge in [0.2, 0.25) is 5.88 Å². The number of imidazole rings is 1. The summed E-state index contributed by atoms with van der Waals surface area (Å²) in [5, 5.41) is 3.69. The monoisotopic (exact) mass is 521 g/mol. The van der Waals surface area contributed by atoms with Crippen LogP contribution in [-0.2, 0) is 12.7 Å². The molecule has 1 saturated carbocycles. The Morgan fingerprint density at radius 3 is 2.53 bits per heavy atom. The van der Waals surface area contributed by atoms with E-state index < -0.39 is 11.9 Å². The summed E-state index contributed by atoms with van der Waals surface area (Å²) in [5.74, 6) is 0.758. The Balaban J connectivity index is 1.35. The molecule has 1 N–H and O–H groups in total. The van der Waals surface area contributed by atoms with Crippen molar-refractivity contribution in [1.82, 2.24) is 34.3 Å². The summed E-state index contributed by atoms with van der Waals surface area (Å²) in [6, 6.07) is 9.70. The van der Waals surface area contributed by atoms with Crippen LogP contribution >= 0.6 is 0 Å². The van der Waals surface area contributed by atoms with Crippen LogP contribution in [0.25, 0.3) is 28.0 Å². The molecule has 0 spiro atoms. The standard InChI is InChI=1S/C26H22F3N7O2/c1-14-9-21(26(27,28)29)34-36(14)17-7-3-15(4-8-17)12-35-20-10-18(30-11-19(20)33-25(35)37)22-23(16-5-6-16)31-13-32-24(22)38-2/h3-4,7-11,13,16H,5-6,12H2,1-2H3,(H,33,37). The maximum atomic E-state index is 13.1. The van der Waals surface area contributed by atoms with Crippen LogP contribution in [-0.4, -0.2) is 41.4 Å². The number of hydrogen-bond donors (Lipinski definition) is 1. The van der Waals surface area contributed by atoms with Crippen molar-refractivity contribution in [3.63, 3.8) is 0 Å². The van der Waals surface area contributed by atoms with Gasteiger partial charge in [-0.15, -0.1) is 0 Å². The SMILES string of the molecule is COc1ncnc(C2CC2)c1-c1cc2c(cn1)[nH]c(=O)n2Cc1ccc(-n2nc(C(F)(F)F)cc2C)cc1. The minimum Gasteiger partial charge on any atom is -0.480 e. The second-order valence-electron chi connectivity index (χ2n) is 9.27. The normalized spacial score (nSPS) is 13.8. The van der Waals surface area contributed by atoms with Gasteiger partial charge in [-0.1, -0.05) is 12.1 Å². The van der Waals surface area contributed by atoms with Gasteiger partial charge in [-0.05, 0) is 49.6 Å². The fourth-order valence-corrected chi connectivity index (χ4v) is 4.59. The van der Waals surface area contributed by atoms with Crippen LogP contribution in [0.4, 0.5) is 13.2 Å². The number of benzene rings is 1. The van der Waals surface area contributed by atoms with Gasteiger partial charge in [0.25, 0.3) is 0 Å². The van der Waals surface area contributed by atoms with Crippen molar-refractivity contribution < 1.29 is 17.9 Å². The van der Waals surface area contributed by atoms with E-state index in [1.807, 2.05) is 6.07 Å². The Hall–Kier alpha value is -4.48. The van der Waals surface area contributed by atoms with Crippen molar-refractivity contribution in [2.75, 3.05) is 7.11 Å². The summed E-state index contributed by atoms with van der Waals surface area (Å²) in [6.45, 7) is 1.81. The van der Waals surface area contributed by atoms with Crippen molar-refractivity contribution >= 4 is 11.0 Å². The van der Waals surface area contributed by atoms with Crippen molar-refractivity contribution in [2.45, 2.75) is 38.4 Å². The molecule has 9 nitrogen and oxygen atoms in total. The lowest BCUT2D eigenvalue weighted by Gasteiger charge is -2.12. The lowest BCUT2D eigenvalue weighted by atomic mass is 10.1. The van der Waals surface area contributed by atoms with Gasteiger partial charge in [0, 0.05) is 11.6 Å². The van der Waals surface area contributed by atoms with Crippen LogP contribution in [0.2, 0.25) is 0 Å². The van der Waals surface area contributed by atoms with E-state index in [1.165, 1.54) is 11.0 Å². The van der Waals surface area contributed by atoms with Crippen LogP contribution in [0, 0.1) is 6.92 Å². The van der Waals surface area contributed by atoms with Crippen molar-refractivity contribution in [2.24, 2.45) is 0 Å². The molecule has 38 heavy (non-hydrogen) atoms. The zero-order valence-corrected chi connectivity index (χ0v) is 20.5. The molecular weight excluding hydrogens is 499 g/mol. The zero-order valence-electron chi connectivity index (χ0n) is 20.5. The lowest BCUT2D eigenvalue weighted by Crippen LogP contribution is -2.17. The average molecular weight is 522 g/mol. The van der Waals surface area contributed by atoms with E-state index in [2.05, 4.69) is 25.0 Å². The summed E-state index contributed by atoms with van der Waals surface area (Å²) in [4.78, 5) is 29.0. The Kier molecular flexibility index (Phi) is 5.55. The van der Waals surface area contributed by atoms with Gasteiger partial charge in [-0.2, -0.15) is 18.3 Å². The maximum absolute atomic E-state index is 13.1. The fraction of sp³-hybridized carbons (Fsp3) is 0.269. The Labute approximate surface area is 214 Å². The molecule has 1 aliphatic carbocycles. The van der Waals surface area contributed by atoms with Crippen LogP contribution in [0.5, 0.6) is 5.88 Å². The molecule has 6 rings (SSSR count). The molecular formula is C26H22F3N7O2. The van der Waals surface area contributed by atoms with Gasteiger partial charge < -0.3 is 9.72 Å². The molecule has 4 aromatic heterocycles. The first-order chi connectivity index (χ1) is 18.2. The molecule has 0 bridgehead atoms. The largest absolute Gasteiger partial charge is 0.480 e. The Morgan fingerprint density at radius 2 is 1.87 bits per heavy atom. The fourth-order valence-electron chi connectivity index (χ4n) is 4.59.